The molecule has 2 bridgehead atoms. The quantitative estimate of drug-likeness (QED) is 0.0941. The first kappa shape index (κ1) is 37.6. The fraction of sp³-hybridized carbons (Fsp3) is 0.538. The number of aromatic hydroxyl groups is 1. The molecule has 3 saturated heterocycles. The van der Waals surface area contributed by atoms with E-state index in [0.717, 1.165) is 60.6 Å². The molecular weight excluding hydrogens is 688 g/mol. The lowest BCUT2D eigenvalue weighted by Gasteiger charge is -2.52. The van der Waals surface area contributed by atoms with Crippen molar-refractivity contribution in [2.24, 2.45) is 11.8 Å². The van der Waals surface area contributed by atoms with Crippen LogP contribution in [0.4, 0.5) is 0 Å². The van der Waals surface area contributed by atoms with E-state index in [4.69, 9.17) is 14.2 Å². The van der Waals surface area contributed by atoms with Crippen molar-refractivity contribution in [1.82, 2.24) is 5.32 Å². The van der Waals surface area contributed by atoms with E-state index in [2.05, 4.69) is 17.4 Å². The monoisotopic (exact) mass is 741 g/mol. The fourth-order valence-corrected chi connectivity index (χ4v) is 8.05. The summed E-state index contributed by atoms with van der Waals surface area (Å²) in [5.74, 6) is 2.42. The lowest BCUT2D eigenvalue weighted by atomic mass is 9.80. The van der Waals surface area contributed by atoms with Gasteiger partial charge in [0.2, 0.25) is 0 Å². The summed E-state index contributed by atoms with van der Waals surface area (Å²) in [4.78, 5) is 0. The Morgan fingerprint density at radius 1 is 0.878 bits per heavy atom. The van der Waals surface area contributed by atoms with Crippen LogP contribution in [0.15, 0.2) is 72.8 Å². The van der Waals surface area contributed by atoms with Crippen molar-refractivity contribution in [1.29, 1.82) is 0 Å². The van der Waals surface area contributed by atoms with Crippen molar-refractivity contribution in [2.45, 2.75) is 62.9 Å². The minimum atomic E-state index is -0.923. The predicted octanol–water partition coefficient (Wildman–Crippen LogP) is 5.25. The van der Waals surface area contributed by atoms with Crippen molar-refractivity contribution in [2.75, 3.05) is 59.1 Å². The van der Waals surface area contributed by atoms with Gasteiger partial charge in [-0.05, 0) is 66.3 Å². The molecule has 0 spiro atoms. The number of nitrogens with one attached hydrogen (secondary N) is 1. The van der Waals surface area contributed by atoms with Crippen LogP contribution in [0.1, 0.15) is 61.3 Å². The maximum Gasteiger partial charge on any atom is 0.137 e. The van der Waals surface area contributed by atoms with Gasteiger partial charge in [-0.15, -0.1) is 17.0 Å². The second kappa shape index (κ2) is 17.5. The van der Waals surface area contributed by atoms with Gasteiger partial charge in [0.25, 0.3) is 0 Å². The number of rotatable bonds is 17. The molecule has 4 fully saturated rings. The molecule has 4 aliphatic rings. The van der Waals surface area contributed by atoms with Crippen molar-refractivity contribution in [3.05, 3.63) is 89.5 Å². The van der Waals surface area contributed by atoms with Crippen LogP contribution >= 0.6 is 17.0 Å². The number of aliphatic hydroxyl groups excluding tert-OH is 2. The molecule has 0 radical (unpaired) electrons. The van der Waals surface area contributed by atoms with Crippen LogP contribution in [-0.4, -0.2) is 90.1 Å². The Labute approximate surface area is 301 Å². The molecule has 3 aromatic carbocycles. The topological polar surface area (TPSA) is 121 Å². The average molecular weight is 743 g/mol. The van der Waals surface area contributed by atoms with Gasteiger partial charge in [-0.3, -0.25) is 0 Å². The van der Waals surface area contributed by atoms with Gasteiger partial charge in [0.15, 0.2) is 0 Å². The van der Waals surface area contributed by atoms with Crippen LogP contribution in [0, 0.1) is 11.8 Å². The maximum absolute atomic E-state index is 12.0. The lowest BCUT2D eigenvalue weighted by molar-refractivity contribution is -0.946. The molecule has 268 valence electrons. The van der Waals surface area contributed by atoms with Gasteiger partial charge in [0.05, 0.1) is 32.4 Å². The van der Waals surface area contributed by atoms with Crippen molar-refractivity contribution >= 4 is 17.0 Å². The third-order valence-electron chi connectivity index (χ3n) is 11.1. The minimum absolute atomic E-state index is 0. The third kappa shape index (κ3) is 9.35. The highest BCUT2D eigenvalue weighted by molar-refractivity contribution is 8.93. The van der Waals surface area contributed by atoms with E-state index in [-0.39, 0.29) is 41.4 Å². The lowest BCUT2D eigenvalue weighted by Crippen LogP contribution is -2.65. The molecule has 1 saturated carbocycles. The normalized spacial score (nSPS) is 23.8. The van der Waals surface area contributed by atoms with E-state index in [1.54, 1.807) is 12.1 Å². The van der Waals surface area contributed by atoms with Crippen molar-refractivity contribution in [3.8, 4) is 17.2 Å². The highest BCUT2D eigenvalue weighted by Crippen LogP contribution is 2.42. The molecular formula is C39H54BrN2O7+. The molecule has 3 atom stereocenters. The van der Waals surface area contributed by atoms with Crippen molar-refractivity contribution < 1.29 is 39.1 Å². The molecule has 3 heterocycles. The molecule has 0 unspecified atom stereocenters. The molecule has 5 N–H and O–H groups in total. The Bertz CT molecular complexity index is 1430. The van der Waals surface area contributed by atoms with E-state index < -0.39 is 11.7 Å². The molecule has 0 amide bonds. The summed E-state index contributed by atoms with van der Waals surface area (Å²) in [6, 6.07) is 22.6. The zero-order chi connectivity index (χ0) is 33.4. The summed E-state index contributed by atoms with van der Waals surface area (Å²) >= 11 is 0. The van der Waals surface area contributed by atoms with Gasteiger partial charge in [0.1, 0.15) is 55.3 Å². The largest absolute Gasteiger partial charge is 0.508 e. The van der Waals surface area contributed by atoms with E-state index in [0.29, 0.717) is 50.0 Å². The smallest absolute Gasteiger partial charge is 0.137 e. The van der Waals surface area contributed by atoms with E-state index in [1.165, 1.54) is 31.7 Å². The summed E-state index contributed by atoms with van der Waals surface area (Å²) < 4.78 is 19.8. The highest BCUT2D eigenvalue weighted by atomic mass is 79.9. The van der Waals surface area contributed by atoms with Crippen LogP contribution in [0.5, 0.6) is 17.2 Å². The number of aliphatic hydroxyl groups is 3. The maximum atomic E-state index is 12.0. The van der Waals surface area contributed by atoms with Gasteiger partial charge in [-0.1, -0.05) is 49.2 Å². The molecule has 7 rings (SSSR count). The number of hydrogen-bond acceptors (Lipinski definition) is 8. The number of fused-ring (bicyclic) bond motifs is 3. The zero-order valence-corrected chi connectivity index (χ0v) is 30.1. The summed E-state index contributed by atoms with van der Waals surface area (Å²) in [6.45, 7) is 6.31. The van der Waals surface area contributed by atoms with Gasteiger partial charge in [-0.25, -0.2) is 0 Å². The number of benzene rings is 3. The first-order valence-electron chi connectivity index (χ1n) is 17.8. The molecule has 3 aliphatic heterocycles. The van der Waals surface area contributed by atoms with Crippen LogP contribution in [0.25, 0.3) is 0 Å². The van der Waals surface area contributed by atoms with Gasteiger partial charge in [-0.2, -0.15) is 0 Å². The number of quaternary nitrogens is 1. The standard InChI is InChI=1S/C39H52N2O7.BrH/c42-27-31-24-30(10-15-36(31)43)37(44)25-40-18-22-46-34-11-13-35(14-12-34)47-23-21-41-19-16-29(17-20-41)38(26-41)48-28-39(45,33-8-4-5-9-33)32-6-2-1-3-7-32;/h1-3,6-7,10-15,24,29,33,37-38,40,42,44-45H,4-5,8-9,16-23,25-28H2;1H/p+1/t29?,37-,38-,39+,41?;/m0./s1. The van der Waals surface area contributed by atoms with E-state index >= 15 is 0 Å². The molecule has 0 aromatic heterocycles. The van der Waals surface area contributed by atoms with E-state index in [9.17, 15) is 20.4 Å². The summed E-state index contributed by atoms with van der Waals surface area (Å²) in [5, 5.41) is 44.6. The molecule has 10 heteroatoms. The van der Waals surface area contributed by atoms with Gasteiger partial charge < -0.3 is 44.4 Å². The number of ether oxygens (including phenoxy) is 3. The van der Waals surface area contributed by atoms with Crippen LogP contribution in [0.3, 0.4) is 0 Å². The number of hydrogen-bond donors (Lipinski definition) is 5. The Morgan fingerprint density at radius 3 is 2.22 bits per heavy atom. The minimum Gasteiger partial charge on any atom is -0.508 e. The Balaban J connectivity index is 0.00000468. The number of phenols is 1. The van der Waals surface area contributed by atoms with Crippen LogP contribution < -0.4 is 14.8 Å². The van der Waals surface area contributed by atoms with Crippen molar-refractivity contribution in [3.63, 3.8) is 0 Å². The zero-order valence-electron chi connectivity index (χ0n) is 28.4. The highest BCUT2D eigenvalue weighted by Gasteiger charge is 2.48. The Morgan fingerprint density at radius 2 is 1.55 bits per heavy atom. The van der Waals surface area contributed by atoms with Gasteiger partial charge >= 0.3 is 0 Å². The second-order valence-corrected chi connectivity index (χ2v) is 14.1. The fourth-order valence-electron chi connectivity index (χ4n) is 8.05. The van der Waals surface area contributed by atoms with E-state index in [1.807, 2.05) is 42.5 Å². The molecule has 9 nitrogen and oxygen atoms in total. The first-order valence-corrected chi connectivity index (χ1v) is 17.8. The molecule has 1 aliphatic carbocycles. The average Bonchev–Trinajstić information content (AvgIpc) is 3.68. The van der Waals surface area contributed by atoms with Crippen LogP contribution in [0.2, 0.25) is 0 Å². The van der Waals surface area contributed by atoms with Gasteiger partial charge in [0, 0.05) is 37.4 Å². The Hall–Kier alpha value is -2.70. The SMILES string of the molecule is Br.OCc1cc([C@@H](O)CNCCOc2ccc(OCC[N+]34CCC(CC3)[C@@H](OC[C@@](O)(c3ccccc3)C3CCCC3)C4)cc2)ccc1O. The Kier molecular flexibility index (Phi) is 13.4. The number of piperidine rings is 3. The molecule has 49 heavy (non-hydrogen) atoms. The second-order valence-electron chi connectivity index (χ2n) is 14.1. The molecule has 3 aromatic rings. The predicted molar refractivity (Wildman–Crippen MR) is 194 cm³/mol. The number of nitrogens with zero attached hydrogens (tertiary/aromatic N) is 1. The summed E-state index contributed by atoms with van der Waals surface area (Å²) in [7, 11) is 0. The summed E-state index contributed by atoms with van der Waals surface area (Å²) in [5.41, 5.74) is 1.09. The van der Waals surface area contributed by atoms with Crippen LogP contribution in [-0.2, 0) is 16.9 Å². The number of halogens is 1. The first-order chi connectivity index (χ1) is 23.4. The third-order valence-corrected chi connectivity index (χ3v) is 11.1. The summed E-state index contributed by atoms with van der Waals surface area (Å²) in [6.07, 6.45) is 6.24.